The van der Waals surface area contributed by atoms with Gasteiger partial charge in [-0.05, 0) is 38.1 Å². The Kier molecular flexibility index (Phi) is 4.13. The maximum absolute atomic E-state index is 14.0. The zero-order chi connectivity index (χ0) is 18.5. The largest absolute Gasteiger partial charge is 0.332 e. The van der Waals surface area contributed by atoms with E-state index in [0.717, 1.165) is 37.1 Å². The summed E-state index contributed by atoms with van der Waals surface area (Å²) in [4.78, 5) is 6.12. The molecule has 2 aromatic rings. The highest BCUT2D eigenvalue weighted by Gasteiger charge is 2.47. The lowest BCUT2D eigenvalue weighted by atomic mass is 9.84. The first-order chi connectivity index (χ1) is 12.3. The highest BCUT2D eigenvalue weighted by molar-refractivity contribution is 7.89. The second kappa shape index (κ2) is 6.11. The minimum Gasteiger partial charge on any atom is -0.332 e. The molecule has 2 aliphatic rings. The van der Waals surface area contributed by atoms with Gasteiger partial charge in [0.25, 0.3) is 0 Å². The van der Waals surface area contributed by atoms with Gasteiger partial charge in [-0.1, -0.05) is 0 Å². The van der Waals surface area contributed by atoms with E-state index in [4.69, 9.17) is 0 Å². The molecule has 2 aliphatic heterocycles. The van der Waals surface area contributed by atoms with Gasteiger partial charge in [-0.25, -0.2) is 22.2 Å². The Morgan fingerprint density at radius 1 is 1.12 bits per heavy atom. The van der Waals surface area contributed by atoms with E-state index >= 15 is 0 Å². The lowest BCUT2D eigenvalue weighted by Crippen LogP contribution is -2.56. The molecule has 1 fully saturated rings. The van der Waals surface area contributed by atoms with Crippen LogP contribution in [0.4, 0.5) is 8.78 Å². The van der Waals surface area contributed by atoms with Gasteiger partial charge in [0, 0.05) is 38.6 Å². The van der Waals surface area contributed by atoms with Crippen LogP contribution >= 0.6 is 0 Å². The molecule has 0 atom stereocenters. The summed E-state index contributed by atoms with van der Waals surface area (Å²) in [5.74, 6) is -0.759. The van der Waals surface area contributed by atoms with Gasteiger partial charge in [-0.2, -0.15) is 4.31 Å². The Labute approximate surface area is 151 Å². The number of imidazole rings is 1. The van der Waals surface area contributed by atoms with Crippen molar-refractivity contribution < 1.29 is 17.2 Å². The van der Waals surface area contributed by atoms with Crippen molar-refractivity contribution in [1.29, 1.82) is 0 Å². The van der Waals surface area contributed by atoms with Crippen molar-refractivity contribution in [2.45, 2.75) is 29.8 Å². The fourth-order valence-corrected chi connectivity index (χ4v) is 5.57. The van der Waals surface area contributed by atoms with E-state index in [1.165, 1.54) is 4.31 Å². The first-order valence-corrected chi connectivity index (χ1v) is 9.97. The molecule has 26 heavy (non-hydrogen) atoms. The average Bonchev–Trinajstić information content (AvgIpc) is 3.11. The summed E-state index contributed by atoms with van der Waals surface area (Å²) in [7, 11) is -2.06. The molecule has 0 saturated carbocycles. The van der Waals surface area contributed by atoms with Crippen molar-refractivity contribution in [3.8, 4) is 0 Å². The van der Waals surface area contributed by atoms with Crippen LogP contribution in [0.5, 0.6) is 0 Å². The van der Waals surface area contributed by atoms with Gasteiger partial charge < -0.3 is 4.57 Å². The van der Waals surface area contributed by atoms with Crippen LogP contribution in [0, 0.1) is 11.6 Å². The van der Waals surface area contributed by atoms with E-state index in [2.05, 4.69) is 14.5 Å². The number of hydrogen-bond acceptors (Lipinski definition) is 4. The molecule has 3 heterocycles. The van der Waals surface area contributed by atoms with Crippen molar-refractivity contribution in [3.05, 3.63) is 48.1 Å². The third-order valence-corrected chi connectivity index (χ3v) is 7.51. The zero-order valence-electron chi connectivity index (χ0n) is 14.4. The lowest BCUT2D eigenvalue weighted by Gasteiger charge is -2.49. The summed E-state index contributed by atoms with van der Waals surface area (Å²) in [5, 5.41) is 0. The Morgan fingerprint density at radius 3 is 2.58 bits per heavy atom. The minimum atomic E-state index is -4.08. The summed E-state index contributed by atoms with van der Waals surface area (Å²) in [6.45, 7) is 2.17. The minimum absolute atomic E-state index is 0.232. The normalized spacial score (nSPS) is 21.0. The summed E-state index contributed by atoms with van der Waals surface area (Å²) in [6, 6.07) is 2.50. The number of fused-ring (bicyclic) bond motifs is 2. The van der Waals surface area contributed by atoms with Crippen molar-refractivity contribution >= 4 is 10.0 Å². The monoisotopic (exact) mass is 382 g/mol. The second-order valence-electron chi connectivity index (χ2n) is 6.88. The van der Waals surface area contributed by atoms with Gasteiger partial charge in [0.05, 0.1) is 5.54 Å². The highest BCUT2D eigenvalue weighted by Crippen LogP contribution is 2.40. The molecule has 0 bridgehead atoms. The third kappa shape index (κ3) is 2.57. The fourth-order valence-electron chi connectivity index (χ4n) is 4.06. The second-order valence-corrected chi connectivity index (χ2v) is 8.78. The van der Waals surface area contributed by atoms with Crippen LogP contribution in [0.15, 0.2) is 35.5 Å². The molecule has 9 heteroatoms. The van der Waals surface area contributed by atoms with E-state index in [1.54, 1.807) is 6.20 Å². The molecule has 140 valence electrons. The number of rotatable bonds is 2. The molecule has 1 aromatic heterocycles. The molecule has 1 aromatic carbocycles. The quantitative estimate of drug-likeness (QED) is 0.795. The van der Waals surface area contributed by atoms with Gasteiger partial charge in [0.2, 0.25) is 10.0 Å². The molecule has 0 unspecified atom stereocenters. The maximum atomic E-state index is 14.0. The number of halogens is 2. The zero-order valence-corrected chi connectivity index (χ0v) is 15.2. The van der Waals surface area contributed by atoms with Crippen molar-refractivity contribution in [1.82, 2.24) is 18.8 Å². The van der Waals surface area contributed by atoms with Gasteiger partial charge in [0.1, 0.15) is 22.4 Å². The van der Waals surface area contributed by atoms with Crippen LogP contribution in [-0.2, 0) is 22.1 Å². The fraction of sp³-hybridized carbons (Fsp3) is 0.471. The van der Waals surface area contributed by atoms with Crippen molar-refractivity contribution in [2.24, 2.45) is 0 Å². The molecule has 0 N–H and O–H groups in total. The Bertz CT molecular complexity index is 936. The average molecular weight is 382 g/mol. The number of aromatic nitrogens is 2. The molecule has 4 rings (SSSR count). The SMILES string of the molecule is CN1CCn2ccnc2C12CCN(S(=O)(=O)c1cc(F)ccc1F)CC2. The smallest absolute Gasteiger partial charge is 0.246 e. The van der Waals surface area contributed by atoms with Crippen LogP contribution in [0.25, 0.3) is 0 Å². The number of hydrogen-bond donors (Lipinski definition) is 0. The molecule has 1 saturated heterocycles. The Morgan fingerprint density at radius 2 is 1.85 bits per heavy atom. The first-order valence-electron chi connectivity index (χ1n) is 8.53. The van der Waals surface area contributed by atoms with Crippen LogP contribution in [-0.4, -0.2) is 53.9 Å². The summed E-state index contributed by atoms with van der Waals surface area (Å²) in [5.41, 5.74) is -0.325. The van der Waals surface area contributed by atoms with E-state index in [0.29, 0.717) is 12.8 Å². The van der Waals surface area contributed by atoms with E-state index in [9.17, 15) is 17.2 Å². The van der Waals surface area contributed by atoms with Crippen LogP contribution in [0.1, 0.15) is 18.7 Å². The molecular formula is C17H20F2N4O2S. The molecule has 0 radical (unpaired) electrons. The molecular weight excluding hydrogens is 362 g/mol. The highest BCUT2D eigenvalue weighted by atomic mass is 32.2. The van der Waals surface area contributed by atoms with Gasteiger partial charge in [-0.15, -0.1) is 0 Å². The van der Waals surface area contributed by atoms with E-state index < -0.39 is 26.6 Å². The Hall–Kier alpha value is -1.84. The maximum Gasteiger partial charge on any atom is 0.246 e. The standard InChI is InChI=1S/C17H20F2N4O2S/c1-21-10-11-22-9-6-20-16(22)17(21)4-7-23(8-5-17)26(24,25)15-12-13(18)2-3-14(15)19/h2-3,6,9,12H,4-5,7-8,10-11H2,1H3. The number of sulfonamides is 1. The third-order valence-electron chi connectivity index (χ3n) is 5.60. The summed E-state index contributed by atoms with van der Waals surface area (Å²) in [6.07, 6.45) is 4.81. The molecule has 0 amide bonds. The number of likely N-dealkylation sites (N-methyl/N-ethyl adjacent to an activating group) is 1. The first kappa shape index (κ1) is 17.6. The lowest BCUT2D eigenvalue weighted by molar-refractivity contribution is 0.0270. The number of piperidine rings is 1. The van der Waals surface area contributed by atoms with Gasteiger partial charge >= 0.3 is 0 Å². The summed E-state index contributed by atoms with van der Waals surface area (Å²) >= 11 is 0. The topological polar surface area (TPSA) is 58.4 Å². The van der Waals surface area contributed by atoms with Crippen LogP contribution < -0.4 is 0 Å². The number of benzene rings is 1. The van der Waals surface area contributed by atoms with Crippen LogP contribution in [0.2, 0.25) is 0 Å². The Balaban J connectivity index is 1.62. The van der Waals surface area contributed by atoms with Crippen molar-refractivity contribution in [3.63, 3.8) is 0 Å². The predicted molar refractivity (Wildman–Crippen MR) is 90.9 cm³/mol. The molecule has 6 nitrogen and oxygen atoms in total. The van der Waals surface area contributed by atoms with E-state index in [-0.39, 0.29) is 18.6 Å². The number of nitrogens with zero attached hydrogens (tertiary/aromatic N) is 4. The van der Waals surface area contributed by atoms with Crippen LogP contribution in [0.3, 0.4) is 0 Å². The summed E-state index contributed by atoms with van der Waals surface area (Å²) < 4.78 is 56.4. The van der Waals surface area contributed by atoms with E-state index in [1.807, 2.05) is 13.2 Å². The van der Waals surface area contributed by atoms with Gasteiger partial charge in [0.15, 0.2) is 0 Å². The van der Waals surface area contributed by atoms with Gasteiger partial charge in [-0.3, -0.25) is 4.90 Å². The predicted octanol–water partition coefficient (Wildman–Crippen LogP) is 1.79. The molecule has 1 spiro atoms. The van der Waals surface area contributed by atoms with Crippen molar-refractivity contribution in [2.75, 3.05) is 26.7 Å². The molecule has 0 aliphatic carbocycles.